The van der Waals surface area contributed by atoms with Crippen LogP contribution in [0.4, 0.5) is 0 Å². The first-order valence-corrected chi connectivity index (χ1v) is 5.46. The zero-order valence-electron chi connectivity index (χ0n) is 9.88. The highest BCUT2D eigenvalue weighted by atomic mass is 14.1. The summed E-state index contributed by atoms with van der Waals surface area (Å²) in [4.78, 5) is 0. The highest BCUT2D eigenvalue weighted by molar-refractivity contribution is 5.92. The molecule has 88 valence electrons. The lowest BCUT2D eigenvalue weighted by Gasteiger charge is -2.09. The van der Waals surface area contributed by atoms with Crippen LogP contribution in [0, 0.1) is 13.8 Å². The molecule has 0 heterocycles. The molecular weight excluding hydrogens is 204 g/mol. The maximum atomic E-state index is 3.85. The summed E-state index contributed by atoms with van der Waals surface area (Å²) in [5.74, 6) is 0. The van der Waals surface area contributed by atoms with E-state index in [0.29, 0.717) is 0 Å². The molecule has 0 aromatic heterocycles. The van der Waals surface area contributed by atoms with E-state index in [9.17, 15) is 0 Å². The number of rotatable bonds is 2. The number of hydrogen-bond acceptors (Lipinski definition) is 0. The lowest BCUT2D eigenvalue weighted by atomic mass is 9.95. The zero-order chi connectivity index (χ0) is 11.7. The third kappa shape index (κ3) is 2.16. The summed E-state index contributed by atoms with van der Waals surface area (Å²) < 4.78 is 0. The van der Waals surface area contributed by atoms with Gasteiger partial charge in [0.1, 0.15) is 0 Å². The van der Waals surface area contributed by atoms with Crippen molar-refractivity contribution < 1.29 is 0 Å². The van der Waals surface area contributed by atoms with Crippen LogP contribution in [0.1, 0.15) is 29.7 Å². The molecule has 0 bridgehead atoms. The Hall–Kier alpha value is -1.82. The predicted molar refractivity (Wildman–Crippen MR) is 80.3 cm³/mol. The average molecular weight is 224 g/mol. The van der Waals surface area contributed by atoms with Crippen LogP contribution >= 0.6 is 0 Å². The van der Waals surface area contributed by atoms with E-state index in [0.717, 1.165) is 11.1 Å². The molecule has 2 aromatic rings. The topological polar surface area (TPSA) is 0 Å². The molecule has 0 radical (unpaired) electrons. The number of aryl methyl sites for hydroxylation is 2. The molecule has 0 aliphatic carbocycles. The minimum atomic E-state index is 0. The quantitative estimate of drug-likeness (QED) is 0.642. The van der Waals surface area contributed by atoms with Crippen molar-refractivity contribution in [1.82, 2.24) is 0 Å². The van der Waals surface area contributed by atoms with Gasteiger partial charge in [0.2, 0.25) is 0 Å². The van der Waals surface area contributed by atoms with Crippen LogP contribution in [0.15, 0.2) is 37.4 Å². The van der Waals surface area contributed by atoms with E-state index in [1.807, 2.05) is 12.2 Å². The van der Waals surface area contributed by atoms with Crippen molar-refractivity contribution in [3.8, 4) is 0 Å². The molecule has 0 aliphatic heterocycles. The first kappa shape index (κ1) is 13.2. The Balaban J connectivity index is 0.00000144. The van der Waals surface area contributed by atoms with Gasteiger partial charge in [0.15, 0.2) is 0 Å². The van der Waals surface area contributed by atoms with Crippen LogP contribution in [0.3, 0.4) is 0 Å². The van der Waals surface area contributed by atoms with E-state index in [2.05, 4.69) is 51.3 Å². The molecule has 0 unspecified atom stereocenters. The molecule has 0 nitrogen and oxygen atoms in total. The van der Waals surface area contributed by atoms with Crippen LogP contribution in [-0.4, -0.2) is 0 Å². The molecule has 0 saturated carbocycles. The standard InChI is InChI=1S/C16H16.CH4/c1-5-13-9-15-11(3)7-8-12(4)16(15)10-14(13)6-2;/h5-10H,1-2H2,3-4H3;1H4. The Morgan fingerprint density at radius 2 is 1.18 bits per heavy atom. The van der Waals surface area contributed by atoms with Crippen molar-refractivity contribution in [3.63, 3.8) is 0 Å². The van der Waals surface area contributed by atoms with E-state index in [1.165, 1.54) is 21.9 Å². The van der Waals surface area contributed by atoms with Crippen LogP contribution in [0.25, 0.3) is 22.9 Å². The lowest BCUT2D eigenvalue weighted by molar-refractivity contribution is 1.45. The SMILES string of the molecule is C.C=Cc1cc2c(C)ccc(C)c2cc1C=C. The van der Waals surface area contributed by atoms with Gasteiger partial charge >= 0.3 is 0 Å². The van der Waals surface area contributed by atoms with Crippen molar-refractivity contribution in [1.29, 1.82) is 0 Å². The summed E-state index contributed by atoms with van der Waals surface area (Å²) in [6, 6.07) is 8.72. The molecule has 0 heteroatoms. The molecule has 2 rings (SSSR count). The summed E-state index contributed by atoms with van der Waals surface area (Å²) in [5, 5.41) is 2.61. The second-order valence-electron chi connectivity index (χ2n) is 4.13. The van der Waals surface area contributed by atoms with Crippen molar-refractivity contribution in [2.75, 3.05) is 0 Å². The second-order valence-corrected chi connectivity index (χ2v) is 4.13. The predicted octanol–water partition coefficient (Wildman–Crippen LogP) is 5.38. The minimum absolute atomic E-state index is 0. The Kier molecular flexibility index (Phi) is 3.90. The molecule has 0 amide bonds. The van der Waals surface area contributed by atoms with E-state index < -0.39 is 0 Å². The van der Waals surface area contributed by atoms with Crippen molar-refractivity contribution >= 4 is 22.9 Å². The fourth-order valence-corrected chi connectivity index (χ4v) is 2.07. The largest absolute Gasteiger partial charge is 0.0984 e. The highest BCUT2D eigenvalue weighted by Crippen LogP contribution is 2.27. The van der Waals surface area contributed by atoms with Gasteiger partial charge in [0.05, 0.1) is 0 Å². The third-order valence-corrected chi connectivity index (χ3v) is 3.10. The fourth-order valence-electron chi connectivity index (χ4n) is 2.07. The van der Waals surface area contributed by atoms with Gasteiger partial charge in [0, 0.05) is 0 Å². The summed E-state index contributed by atoms with van der Waals surface area (Å²) >= 11 is 0. The first-order valence-electron chi connectivity index (χ1n) is 5.46. The summed E-state index contributed by atoms with van der Waals surface area (Å²) in [5.41, 5.74) is 4.91. The third-order valence-electron chi connectivity index (χ3n) is 3.10. The maximum absolute atomic E-state index is 3.85. The van der Waals surface area contributed by atoms with Crippen molar-refractivity contribution in [2.45, 2.75) is 21.3 Å². The summed E-state index contributed by atoms with van der Waals surface area (Å²) in [6.07, 6.45) is 3.77. The summed E-state index contributed by atoms with van der Waals surface area (Å²) in [6.45, 7) is 12.0. The Bertz CT molecular complexity index is 522. The van der Waals surface area contributed by atoms with Crippen LogP contribution in [-0.2, 0) is 0 Å². The molecule has 0 N–H and O–H groups in total. The molecule has 0 aliphatic rings. The first-order chi connectivity index (χ1) is 7.67. The molecule has 2 aromatic carbocycles. The highest BCUT2D eigenvalue weighted by Gasteiger charge is 2.04. The number of hydrogen-bond donors (Lipinski definition) is 0. The van der Waals surface area contributed by atoms with Gasteiger partial charge in [-0.15, -0.1) is 0 Å². The smallest absolute Gasteiger partial charge is 0.0146 e. The normalized spacial score (nSPS) is 9.76. The van der Waals surface area contributed by atoms with Crippen LogP contribution < -0.4 is 0 Å². The van der Waals surface area contributed by atoms with Gasteiger partial charge in [-0.25, -0.2) is 0 Å². The second kappa shape index (κ2) is 5.01. The zero-order valence-corrected chi connectivity index (χ0v) is 9.88. The summed E-state index contributed by atoms with van der Waals surface area (Å²) in [7, 11) is 0. The van der Waals surface area contributed by atoms with E-state index >= 15 is 0 Å². The fraction of sp³-hybridized carbons (Fsp3) is 0.176. The Labute approximate surface area is 104 Å². The van der Waals surface area contributed by atoms with E-state index in [1.54, 1.807) is 0 Å². The van der Waals surface area contributed by atoms with Gasteiger partial charge in [-0.1, -0.05) is 44.9 Å². The molecule has 0 atom stereocenters. The average Bonchev–Trinajstić information content (AvgIpc) is 2.32. The van der Waals surface area contributed by atoms with E-state index in [4.69, 9.17) is 0 Å². The van der Waals surface area contributed by atoms with E-state index in [-0.39, 0.29) is 7.43 Å². The van der Waals surface area contributed by atoms with Crippen LogP contribution in [0.5, 0.6) is 0 Å². The molecular formula is C17H20. The van der Waals surface area contributed by atoms with Gasteiger partial charge < -0.3 is 0 Å². The van der Waals surface area contributed by atoms with Crippen molar-refractivity contribution in [2.24, 2.45) is 0 Å². The molecule has 0 saturated heterocycles. The Morgan fingerprint density at radius 1 is 0.824 bits per heavy atom. The molecule has 17 heavy (non-hydrogen) atoms. The van der Waals surface area contributed by atoms with Crippen molar-refractivity contribution in [3.05, 3.63) is 59.7 Å². The molecule has 0 fully saturated rings. The minimum Gasteiger partial charge on any atom is -0.0984 e. The van der Waals surface area contributed by atoms with Gasteiger partial charge in [-0.05, 0) is 59.0 Å². The monoisotopic (exact) mass is 224 g/mol. The number of fused-ring (bicyclic) bond motifs is 1. The van der Waals surface area contributed by atoms with Gasteiger partial charge in [-0.3, -0.25) is 0 Å². The lowest BCUT2D eigenvalue weighted by Crippen LogP contribution is -1.87. The van der Waals surface area contributed by atoms with Crippen LogP contribution in [0.2, 0.25) is 0 Å². The Morgan fingerprint density at radius 3 is 1.47 bits per heavy atom. The number of benzene rings is 2. The van der Waals surface area contributed by atoms with Gasteiger partial charge in [0.25, 0.3) is 0 Å². The van der Waals surface area contributed by atoms with Gasteiger partial charge in [-0.2, -0.15) is 0 Å². The maximum Gasteiger partial charge on any atom is -0.0146 e. The molecule has 0 spiro atoms.